The molecule has 0 radical (unpaired) electrons. The number of para-hydroxylation sites is 1. The zero-order valence-electron chi connectivity index (χ0n) is 10.8. The second-order valence-corrected chi connectivity index (χ2v) is 4.50. The van der Waals surface area contributed by atoms with Crippen LogP contribution in [0, 0.1) is 22.9 Å². The van der Waals surface area contributed by atoms with Crippen LogP contribution in [0.25, 0.3) is 0 Å². The molecule has 1 aromatic heterocycles. The quantitative estimate of drug-likeness (QED) is 0.535. The monoisotopic (exact) mass is 309 g/mol. The largest absolute Gasteiger partial charge is 0.319 e. The first-order chi connectivity index (χ1) is 9.91. The number of nitrogens with zero attached hydrogens (tertiary/aromatic N) is 2. The number of aromatic nitrogens is 1. The number of hydrogen-bond donors (Lipinski definition) is 1. The van der Waals surface area contributed by atoms with Gasteiger partial charge in [-0.1, -0.05) is 23.7 Å². The molecule has 1 amide bonds. The Bertz CT molecular complexity index is 716. The first-order valence-electron chi connectivity index (χ1n) is 5.77. The van der Waals surface area contributed by atoms with Gasteiger partial charge in [0.15, 0.2) is 0 Å². The van der Waals surface area contributed by atoms with Crippen molar-refractivity contribution in [3.63, 3.8) is 0 Å². The molecule has 0 aliphatic carbocycles. The molecular formula is C13H9ClFN3O3. The van der Waals surface area contributed by atoms with Gasteiger partial charge in [0.05, 0.1) is 10.6 Å². The fourth-order valence-corrected chi connectivity index (χ4v) is 1.98. The number of carbonyl (C=O) groups is 1. The third-order valence-corrected chi connectivity index (χ3v) is 3.04. The molecule has 108 valence electrons. The summed E-state index contributed by atoms with van der Waals surface area (Å²) in [6.07, 6.45) is 1.17. The molecule has 1 heterocycles. The number of hydrogen-bond acceptors (Lipinski definition) is 4. The molecule has 0 saturated carbocycles. The second-order valence-electron chi connectivity index (χ2n) is 4.14. The summed E-state index contributed by atoms with van der Waals surface area (Å²) in [7, 11) is 0. The molecule has 6 nitrogen and oxygen atoms in total. The molecule has 1 N–H and O–H groups in total. The summed E-state index contributed by atoms with van der Waals surface area (Å²) in [5.74, 6) is -1.47. The van der Waals surface area contributed by atoms with Crippen molar-refractivity contribution in [1.29, 1.82) is 0 Å². The maximum absolute atomic E-state index is 13.7. The first-order valence-corrected chi connectivity index (χ1v) is 6.15. The molecule has 0 aliphatic heterocycles. The average Bonchev–Trinajstić information content (AvgIpc) is 2.42. The minimum absolute atomic E-state index is 0.0373. The standard InChI is InChI=1S/C13H9ClFN3O3/c1-7-3-2-4-9(15)10(7)17-13(19)8-5-6-16-12(14)11(8)18(20)21/h2-6H,1H3,(H,17,19). The highest BCUT2D eigenvalue weighted by Gasteiger charge is 2.25. The normalized spacial score (nSPS) is 10.2. The highest BCUT2D eigenvalue weighted by atomic mass is 35.5. The van der Waals surface area contributed by atoms with Gasteiger partial charge in [-0.2, -0.15) is 0 Å². The van der Waals surface area contributed by atoms with Crippen LogP contribution in [0.4, 0.5) is 15.8 Å². The molecule has 2 rings (SSSR count). The summed E-state index contributed by atoms with van der Waals surface area (Å²) in [6.45, 7) is 1.60. The van der Waals surface area contributed by atoms with Gasteiger partial charge in [-0.25, -0.2) is 9.37 Å². The predicted octanol–water partition coefficient (Wildman–Crippen LogP) is 3.34. The van der Waals surface area contributed by atoms with Gasteiger partial charge in [0, 0.05) is 6.20 Å². The maximum Gasteiger partial charge on any atom is 0.319 e. The van der Waals surface area contributed by atoms with Gasteiger partial charge >= 0.3 is 5.69 Å². The van der Waals surface area contributed by atoms with Gasteiger partial charge < -0.3 is 5.32 Å². The van der Waals surface area contributed by atoms with Gasteiger partial charge in [0.2, 0.25) is 5.15 Å². The van der Waals surface area contributed by atoms with Crippen molar-refractivity contribution < 1.29 is 14.1 Å². The van der Waals surface area contributed by atoms with E-state index in [4.69, 9.17) is 11.6 Å². The van der Waals surface area contributed by atoms with E-state index in [1.54, 1.807) is 13.0 Å². The highest BCUT2D eigenvalue weighted by Crippen LogP contribution is 2.27. The van der Waals surface area contributed by atoms with Crippen LogP contribution in [0.15, 0.2) is 30.5 Å². The van der Waals surface area contributed by atoms with Crippen LogP contribution in [0.3, 0.4) is 0 Å². The van der Waals surface area contributed by atoms with Crippen molar-refractivity contribution in [1.82, 2.24) is 4.98 Å². The molecule has 2 aromatic rings. The smallest absolute Gasteiger partial charge is 0.319 e. The Labute approximate surface area is 123 Å². The minimum atomic E-state index is -0.834. The number of pyridine rings is 1. The van der Waals surface area contributed by atoms with E-state index in [0.717, 1.165) is 6.07 Å². The van der Waals surface area contributed by atoms with Crippen LogP contribution in [0.2, 0.25) is 5.15 Å². The van der Waals surface area contributed by atoms with E-state index in [0.29, 0.717) is 5.56 Å². The minimum Gasteiger partial charge on any atom is -0.319 e. The molecule has 0 atom stereocenters. The zero-order valence-corrected chi connectivity index (χ0v) is 11.5. The number of anilines is 1. The number of halogens is 2. The van der Waals surface area contributed by atoms with Gasteiger partial charge in [0.25, 0.3) is 5.91 Å². The Balaban J connectivity index is 2.43. The first kappa shape index (κ1) is 14.9. The molecule has 0 saturated heterocycles. The number of aryl methyl sites for hydroxylation is 1. The lowest BCUT2D eigenvalue weighted by molar-refractivity contribution is -0.385. The number of nitrogens with one attached hydrogen (secondary N) is 1. The van der Waals surface area contributed by atoms with Gasteiger partial charge in [-0.3, -0.25) is 14.9 Å². The summed E-state index contributed by atoms with van der Waals surface area (Å²) in [4.78, 5) is 25.8. The molecule has 0 aliphatic rings. The number of carbonyl (C=O) groups excluding carboxylic acids is 1. The van der Waals surface area contributed by atoms with Crippen LogP contribution in [-0.4, -0.2) is 15.8 Å². The van der Waals surface area contributed by atoms with E-state index in [1.807, 2.05) is 0 Å². The van der Waals surface area contributed by atoms with Crippen molar-refractivity contribution >= 4 is 28.9 Å². The number of rotatable bonds is 3. The van der Waals surface area contributed by atoms with E-state index in [2.05, 4.69) is 10.3 Å². The van der Waals surface area contributed by atoms with Gasteiger partial charge in [0.1, 0.15) is 11.4 Å². The summed E-state index contributed by atoms with van der Waals surface area (Å²) < 4.78 is 13.7. The van der Waals surface area contributed by atoms with Crippen LogP contribution < -0.4 is 5.32 Å². The Morgan fingerprint density at radius 1 is 1.43 bits per heavy atom. The maximum atomic E-state index is 13.7. The topological polar surface area (TPSA) is 85.1 Å². The molecule has 0 fully saturated rings. The van der Waals surface area contributed by atoms with E-state index in [9.17, 15) is 19.3 Å². The van der Waals surface area contributed by atoms with Crippen LogP contribution in [-0.2, 0) is 0 Å². The fraction of sp³-hybridized carbons (Fsp3) is 0.0769. The molecule has 0 bridgehead atoms. The molecule has 8 heteroatoms. The Morgan fingerprint density at radius 3 is 2.76 bits per heavy atom. The van der Waals surface area contributed by atoms with Crippen molar-refractivity contribution in [3.8, 4) is 0 Å². The lowest BCUT2D eigenvalue weighted by Gasteiger charge is -2.09. The lowest BCUT2D eigenvalue weighted by Crippen LogP contribution is -2.16. The molecule has 0 spiro atoms. The fourth-order valence-electron chi connectivity index (χ4n) is 1.76. The molecule has 21 heavy (non-hydrogen) atoms. The van der Waals surface area contributed by atoms with E-state index in [1.165, 1.54) is 18.3 Å². The lowest BCUT2D eigenvalue weighted by atomic mass is 10.1. The third kappa shape index (κ3) is 2.97. The van der Waals surface area contributed by atoms with Crippen molar-refractivity contribution in [2.75, 3.05) is 5.32 Å². The van der Waals surface area contributed by atoms with Crippen molar-refractivity contribution in [3.05, 3.63) is 62.7 Å². The van der Waals surface area contributed by atoms with Crippen LogP contribution >= 0.6 is 11.6 Å². The van der Waals surface area contributed by atoms with E-state index >= 15 is 0 Å². The highest BCUT2D eigenvalue weighted by molar-refractivity contribution is 6.32. The number of benzene rings is 1. The summed E-state index contributed by atoms with van der Waals surface area (Å²) in [6, 6.07) is 5.42. The summed E-state index contributed by atoms with van der Waals surface area (Å²) >= 11 is 5.63. The Kier molecular flexibility index (Phi) is 4.13. The van der Waals surface area contributed by atoms with Crippen molar-refractivity contribution in [2.45, 2.75) is 6.92 Å². The zero-order chi connectivity index (χ0) is 15.6. The number of amides is 1. The molecular weight excluding hydrogens is 301 g/mol. The van der Waals surface area contributed by atoms with Crippen molar-refractivity contribution in [2.24, 2.45) is 0 Å². The molecule has 0 unspecified atom stereocenters. The van der Waals surface area contributed by atoms with Gasteiger partial charge in [-0.15, -0.1) is 0 Å². The van der Waals surface area contributed by atoms with Crippen LogP contribution in [0.5, 0.6) is 0 Å². The average molecular weight is 310 g/mol. The third-order valence-electron chi connectivity index (χ3n) is 2.77. The molecule has 1 aromatic carbocycles. The summed E-state index contributed by atoms with van der Waals surface area (Å²) in [5, 5.41) is 12.9. The predicted molar refractivity (Wildman–Crippen MR) is 75.0 cm³/mol. The SMILES string of the molecule is Cc1cccc(F)c1NC(=O)c1ccnc(Cl)c1[N+](=O)[O-]. The van der Waals surface area contributed by atoms with E-state index in [-0.39, 0.29) is 11.3 Å². The summed E-state index contributed by atoms with van der Waals surface area (Å²) in [5.41, 5.74) is -0.454. The van der Waals surface area contributed by atoms with Crippen LogP contribution in [0.1, 0.15) is 15.9 Å². The van der Waals surface area contributed by atoms with E-state index < -0.39 is 27.5 Å². The van der Waals surface area contributed by atoms with Gasteiger partial charge in [-0.05, 0) is 24.6 Å². The number of nitro groups is 1. The second kappa shape index (κ2) is 5.84. The Hall–Kier alpha value is -2.54. The Morgan fingerprint density at radius 2 is 2.14 bits per heavy atom.